The number of nitrogens with two attached hydrogens (primary N) is 1. The predicted molar refractivity (Wildman–Crippen MR) is 167 cm³/mol. The van der Waals surface area contributed by atoms with Gasteiger partial charge in [0.25, 0.3) is 0 Å². The molecule has 0 atom stereocenters. The van der Waals surface area contributed by atoms with Crippen molar-refractivity contribution in [1.82, 2.24) is 0 Å². The molecule has 0 unspecified atom stereocenters. The Morgan fingerprint density at radius 1 is 0.385 bits per heavy atom. The number of hydrogen-bond donors (Lipinski definition) is 3. The molecule has 6 aromatic carbocycles. The minimum Gasteiger partial charge on any atom is -0.398 e. The van der Waals surface area contributed by atoms with E-state index in [9.17, 15) is 0 Å². The molecule has 0 aliphatic heterocycles. The van der Waals surface area contributed by atoms with Crippen LogP contribution in [-0.4, -0.2) is 0 Å². The molecule has 0 saturated heterocycles. The van der Waals surface area contributed by atoms with Crippen molar-refractivity contribution in [3.05, 3.63) is 152 Å². The van der Waals surface area contributed by atoms with Crippen LogP contribution in [0, 0.1) is 0 Å². The fourth-order valence-electron chi connectivity index (χ4n) is 4.96. The Hall–Kier alpha value is -5.28. The molecule has 39 heavy (non-hydrogen) atoms. The Morgan fingerprint density at radius 2 is 0.795 bits per heavy atom. The average molecular weight is 504 g/mol. The lowest BCUT2D eigenvalue weighted by Gasteiger charge is -2.23. The Labute approximate surface area is 229 Å². The van der Waals surface area contributed by atoms with Crippen LogP contribution in [0.25, 0.3) is 33.4 Å². The van der Waals surface area contributed by atoms with Gasteiger partial charge in [0.05, 0.1) is 5.69 Å². The summed E-state index contributed by atoms with van der Waals surface area (Å²) in [7, 11) is 0. The van der Waals surface area contributed by atoms with Crippen molar-refractivity contribution in [1.29, 1.82) is 0 Å². The van der Waals surface area contributed by atoms with Crippen molar-refractivity contribution in [2.45, 2.75) is 0 Å². The summed E-state index contributed by atoms with van der Waals surface area (Å²) in [4.78, 5) is 0. The second kappa shape index (κ2) is 11.0. The average Bonchev–Trinajstić information content (AvgIpc) is 3.00. The fourth-order valence-corrected chi connectivity index (χ4v) is 4.96. The molecule has 3 heteroatoms. The zero-order valence-corrected chi connectivity index (χ0v) is 21.5. The van der Waals surface area contributed by atoms with Crippen molar-refractivity contribution >= 4 is 28.4 Å². The molecule has 0 amide bonds. The maximum Gasteiger partial charge on any atom is 0.0570 e. The third kappa shape index (κ3) is 5.25. The lowest BCUT2D eigenvalue weighted by atomic mass is 9.87. The van der Waals surface area contributed by atoms with Gasteiger partial charge in [0, 0.05) is 33.9 Å². The van der Waals surface area contributed by atoms with Gasteiger partial charge in [-0.25, -0.2) is 0 Å². The molecule has 3 nitrogen and oxygen atoms in total. The summed E-state index contributed by atoms with van der Waals surface area (Å²) >= 11 is 0. The van der Waals surface area contributed by atoms with E-state index in [0.717, 1.165) is 61.8 Å². The summed E-state index contributed by atoms with van der Waals surface area (Å²) in [5.41, 5.74) is 18.1. The molecular weight excluding hydrogens is 474 g/mol. The van der Waals surface area contributed by atoms with Crippen LogP contribution >= 0.6 is 0 Å². The van der Waals surface area contributed by atoms with E-state index in [1.165, 1.54) is 0 Å². The standard InChI is InChI=1S/C36H29N3/c37-33-25-32(26-13-5-1-6-14-26)34(27-15-7-2-8-16-27)36(35(33)28-17-9-3-10-18-28)39-31-23-21-30(22-24-31)38-29-19-11-4-12-20-29/h1-25,38-39H,37H2. The summed E-state index contributed by atoms with van der Waals surface area (Å²) < 4.78 is 0. The van der Waals surface area contributed by atoms with Crippen molar-refractivity contribution in [3.63, 3.8) is 0 Å². The Kier molecular flexibility index (Phi) is 6.79. The van der Waals surface area contributed by atoms with Crippen LogP contribution in [0.3, 0.4) is 0 Å². The van der Waals surface area contributed by atoms with Crippen LogP contribution in [0.15, 0.2) is 152 Å². The molecule has 0 spiro atoms. The first-order valence-electron chi connectivity index (χ1n) is 13.1. The number of nitrogen functional groups attached to an aromatic ring is 1. The molecule has 0 heterocycles. The number of rotatable bonds is 7. The first-order valence-corrected chi connectivity index (χ1v) is 13.1. The van der Waals surface area contributed by atoms with Gasteiger partial charge in [-0.3, -0.25) is 0 Å². The summed E-state index contributed by atoms with van der Waals surface area (Å²) in [5.74, 6) is 0. The van der Waals surface area contributed by atoms with Crippen molar-refractivity contribution in [2.75, 3.05) is 16.4 Å². The van der Waals surface area contributed by atoms with E-state index in [2.05, 4.69) is 126 Å². The first kappa shape index (κ1) is 24.1. The van der Waals surface area contributed by atoms with Gasteiger partial charge in [0.15, 0.2) is 0 Å². The second-order valence-electron chi connectivity index (χ2n) is 9.43. The highest BCUT2D eigenvalue weighted by molar-refractivity contribution is 6.05. The monoisotopic (exact) mass is 503 g/mol. The number of anilines is 5. The van der Waals surface area contributed by atoms with E-state index < -0.39 is 0 Å². The van der Waals surface area contributed by atoms with Crippen LogP contribution in [0.2, 0.25) is 0 Å². The zero-order chi connectivity index (χ0) is 26.4. The Bertz CT molecular complexity index is 1660. The summed E-state index contributed by atoms with van der Waals surface area (Å²) in [6.45, 7) is 0. The van der Waals surface area contributed by atoms with Crippen LogP contribution in [0.4, 0.5) is 28.4 Å². The number of benzene rings is 6. The molecule has 0 aliphatic rings. The van der Waals surface area contributed by atoms with Crippen molar-refractivity contribution in [2.24, 2.45) is 0 Å². The van der Waals surface area contributed by atoms with Gasteiger partial charge in [0.1, 0.15) is 0 Å². The van der Waals surface area contributed by atoms with E-state index in [1.807, 2.05) is 36.4 Å². The van der Waals surface area contributed by atoms with Crippen molar-refractivity contribution in [3.8, 4) is 33.4 Å². The minimum absolute atomic E-state index is 0.726. The largest absolute Gasteiger partial charge is 0.398 e. The quantitative estimate of drug-likeness (QED) is 0.190. The molecule has 0 aliphatic carbocycles. The highest BCUT2D eigenvalue weighted by Crippen LogP contribution is 2.48. The van der Waals surface area contributed by atoms with Crippen molar-refractivity contribution < 1.29 is 0 Å². The lowest BCUT2D eigenvalue weighted by molar-refractivity contribution is 1.49. The normalized spacial score (nSPS) is 10.7. The maximum absolute atomic E-state index is 6.85. The topological polar surface area (TPSA) is 50.1 Å². The van der Waals surface area contributed by atoms with E-state index in [4.69, 9.17) is 5.73 Å². The van der Waals surface area contributed by atoms with E-state index in [-0.39, 0.29) is 0 Å². The smallest absolute Gasteiger partial charge is 0.0570 e. The molecule has 188 valence electrons. The molecule has 0 aromatic heterocycles. The number of nitrogens with one attached hydrogen (secondary N) is 2. The van der Waals surface area contributed by atoms with Gasteiger partial charge in [-0.1, -0.05) is 109 Å². The minimum atomic E-state index is 0.726. The van der Waals surface area contributed by atoms with Crippen LogP contribution in [0.1, 0.15) is 0 Å². The fraction of sp³-hybridized carbons (Fsp3) is 0. The van der Waals surface area contributed by atoms with Gasteiger partial charge in [-0.05, 0) is 64.7 Å². The van der Waals surface area contributed by atoms with E-state index in [0.29, 0.717) is 0 Å². The highest BCUT2D eigenvalue weighted by atomic mass is 14.9. The Balaban J connectivity index is 1.52. The van der Waals surface area contributed by atoms with Gasteiger partial charge in [-0.2, -0.15) is 0 Å². The Morgan fingerprint density at radius 3 is 1.33 bits per heavy atom. The molecular formula is C36H29N3. The molecule has 0 bridgehead atoms. The molecule has 0 fully saturated rings. The second-order valence-corrected chi connectivity index (χ2v) is 9.43. The predicted octanol–water partition coefficient (Wildman–Crippen LogP) is 9.76. The van der Waals surface area contributed by atoms with Crippen LogP contribution in [-0.2, 0) is 0 Å². The highest BCUT2D eigenvalue weighted by Gasteiger charge is 2.21. The van der Waals surface area contributed by atoms with Gasteiger partial charge in [-0.15, -0.1) is 0 Å². The van der Waals surface area contributed by atoms with Gasteiger partial charge in [0.2, 0.25) is 0 Å². The van der Waals surface area contributed by atoms with Crippen LogP contribution in [0.5, 0.6) is 0 Å². The van der Waals surface area contributed by atoms with Gasteiger partial charge >= 0.3 is 0 Å². The SMILES string of the molecule is Nc1cc(-c2ccccc2)c(-c2ccccc2)c(Nc2ccc(Nc3ccccc3)cc2)c1-c1ccccc1. The number of para-hydroxylation sites is 1. The van der Waals surface area contributed by atoms with E-state index in [1.54, 1.807) is 0 Å². The lowest BCUT2D eigenvalue weighted by Crippen LogP contribution is -2.03. The van der Waals surface area contributed by atoms with Gasteiger partial charge < -0.3 is 16.4 Å². The third-order valence-electron chi connectivity index (χ3n) is 6.78. The molecule has 6 rings (SSSR count). The number of hydrogen-bond acceptors (Lipinski definition) is 3. The maximum atomic E-state index is 6.85. The van der Waals surface area contributed by atoms with E-state index >= 15 is 0 Å². The summed E-state index contributed by atoms with van der Waals surface area (Å²) in [6.07, 6.45) is 0. The third-order valence-corrected chi connectivity index (χ3v) is 6.78. The van der Waals surface area contributed by atoms with Crippen LogP contribution < -0.4 is 16.4 Å². The molecule has 0 radical (unpaired) electrons. The molecule has 4 N–H and O–H groups in total. The zero-order valence-electron chi connectivity index (χ0n) is 21.5. The molecule has 6 aromatic rings. The summed E-state index contributed by atoms with van der Waals surface area (Å²) in [6, 6.07) is 52.0. The summed E-state index contributed by atoms with van der Waals surface area (Å²) in [5, 5.41) is 7.23. The molecule has 0 saturated carbocycles. The first-order chi connectivity index (χ1) is 19.3.